The number of rotatable bonds is 5. The van der Waals surface area contributed by atoms with Gasteiger partial charge in [0.15, 0.2) is 11.5 Å². The molecule has 1 aliphatic rings. The molecule has 1 aromatic carbocycles. The van der Waals surface area contributed by atoms with Gasteiger partial charge in [-0.15, -0.1) is 0 Å². The van der Waals surface area contributed by atoms with Crippen molar-refractivity contribution in [2.45, 2.75) is 31.5 Å². The number of carboxylic acid groups (broad SMARTS) is 3. The zero-order valence-corrected chi connectivity index (χ0v) is 29.8. The summed E-state index contributed by atoms with van der Waals surface area (Å²) >= 11 is 6.74. The first-order chi connectivity index (χ1) is 26.9. The molecule has 0 radical (unpaired) electrons. The van der Waals surface area contributed by atoms with Gasteiger partial charge in [-0.1, -0.05) is 11.6 Å². The SMILES string of the molecule is CC(Nc1ncnc2[nH]cnc12)c1cc(Cl)c2cccnc2c1N1CCN(C(=O)c2cccnc2)CC1.O=C(O)C(F)(F)F.O=C(O)C(F)(F)F.O=C(O)C(F)(F)F. The maximum Gasteiger partial charge on any atom is 0.490 e. The molecule has 1 amide bonds. The van der Waals surface area contributed by atoms with E-state index in [9.17, 15) is 44.3 Å². The lowest BCUT2D eigenvalue weighted by molar-refractivity contribution is -0.193. The lowest BCUT2D eigenvalue weighted by Gasteiger charge is -2.38. The second-order valence-electron chi connectivity index (χ2n) is 11.3. The Morgan fingerprint density at radius 3 is 1.86 bits per heavy atom. The van der Waals surface area contributed by atoms with Crippen molar-refractivity contribution in [1.82, 2.24) is 34.8 Å². The molecule has 1 fully saturated rings. The van der Waals surface area contributed by atoms with Gasteiger partial charge in [0.05, 0.1) is 34.2 Å². The molecule has 5 aromatic rings. The highest BCUT2D eigenvalue weighted by Crippen LogP contribution is 2.39. The molecule has 4 aromatic heterocycles. The van der Waals surface area contributed by atoms with Crippen LogP contribution in [0.25, 0.3) is 22.1 Å². The molecule has 1 atom stereocenters. The van der Waals surface area contributed by atoms with E-state index >= 15 is 0 Å². The molecule has 5 heterocycles. The van der Waals surface area contributed by atoms with E-state index in [1.54, 1.807) is 37.1 Å². The number of aliphatic carboxylic acids is 3. The van der Waals surface area contributed by atoms with Gasteiger partial charge in [0.25, 0.3) is 5.91 Å². The third-order valence-electron chi connectivity index (χ3n) is 7.40. The van der Waals surface area contributed by atoms with Gasteiger partial charge in [-0.25, -0.2) is 29.3 Å². The number of pyridine rings is 2. The number of piperazine rings is 1. The van der Waals surface area contributed by atoms with Crippen LogP contribution in [-0.4, -0.2) is 119 Å². The molecule has 58 heavy (non-hydrogen) atoms. The highest BCUT2D eigenvalue weighted by molar-refractivity contribution is 6.36. The van der Waals surface area contributed by atoms with Crippen LogP contribution in [0.5, 0.6) is 0 Å². The number of hydrogen-bond donors (Lipinski definition) is 5. The second kappa shape index (κ2) is 19.1. The van der Waals surface area contributed by atoms with Gasteiger partial charge < -0.3 is 35.4 Å². The topological polar surface area (TPSA) is 228 Å². The second-order valence-corrected chi connectivity index (χ2v) is 11.7. The first kappa shape index (κ1) is 45.9. The first-order valence-corrected chi connectivity index (χ1v) is 16.1. The molecule has 0 saturated carbocycles. The number of H-pyrrole nitrogens is 1. The van der Waals surface area contributed by atoms with Crippen molar-refractivity contribution in [3.8, 4) is 0 Å². The largest absolute Gasteiger partial charge is 0.490 e. The van der Waals surface area contributed by atoms with Crippen LogP contribution in [-0.2, 0) is 14.4 Å². The monoisotopic (exact) mass is 855 g/mol. The third kappa shape index (κ3) is 12.5. The van der Waals surface area contributed by atoms with Gasteiger partial charge in [0, 0.05) is 55.7 Å². The van der Waals surface area contributed by atoms with Gasteiger partial charge in [-0.3, -0.25) is 14.8 Å². The number of anilines is 2. The van der Waals surface area contributed by atoms with E-state index in [1.807, 2.05) is 23.1 Å². The molecular weight excluding hydrogens is 829 g/mol. The highest BCUT2D eigenvalue weighted by Gasteiger charge is 2.39. The molecule has 16 nitrogen and oxygen atoms in total. The number of alkyl halides is 9. The summed E-state index contributed by atoms with van der Waals surface area (Å²) in [5, 5.41) is 26.4. The number of halogens is 10. The van der Waals surface area contributed by atoms with Crippen LogP contribution >= 0.6 is 11.6 Å². The molecule has 0 spiro atoms. The molecule has 0 aliphatic carbocycles. The molecule has 1 aliphatic heterocycles. The Balaban J connectivity index is 0.000000353. The Morgan fingerprint density at radius 1 is 0.793 bits per heavy atom. The van der Waals surface area contributed by atoms with Crippen molar-refractivity contribution >= 4 is 69.0 Å². The van der Waals surface area contributed by atoms with Crippen LogP contribution in [0.15, 0.2) is 61.6 Å². The van der Waals surface area contributed by atoms with E-state index < -0.39 is 36.4 Å². The number of hydrogen-bond acceptors (Lipinski definition) is 11. The van der Waals surface area contributed by atoms with Crippen LogP contribution in [0, 0.1) is 0 Å². The zero-order chi connectivity index (χ0) is 43.6. The molecule has 0 bridgehead atoms. The number of aromatic amines is 1. The fraction of sp³-hybridized carbons (Fsp3) is 0.281. The summed E-state index contributed by atoms with van der Waals surface area (Å²) in [6.07, 6.45) is -7.08. The van der Waals surface area contributed by atoms with E-state index in [4.69, 9.17) is 46.3 Å². The van der Waals surface area contributed by atoms with Crippen LogP contribution in [0.1, 0.15) is 28.9 Å². The number of carbonyl (C=O) groups excluding carboxylic acids is 1. The first-order valence-electron chi connectivity index (χ1n) is 15.8. The number of benzene rings is 1. The zero-order valence-electron chi connectivity index (χ0n) is 29.1. The van der Waals surface area contributed by atoms with Crippen molar-refractivity contribution in [2.24, 2.45) is 0 Å². The Kier molecular flexibility index (Phi) is 15.1. The van der Waals surface area contributed by atoms with Crippen LogP contribution < -0.4 is 10.2 Å². The summed E-state index contributed by atoms with van der Waals surface area (Å²) in [6, 6.07) is 9.28. The van der Waals surface area contributed by atoms with Gasteiger partial charge in [0.1, 0.15) is 11.8 Å². The predicted molar refractivity (Wildman–Crippen MR) is 184 cm³/mol. The number of nitrogens with one attached hydrogen (secondary N) is 2. The molecular formula is C32H27ClF9N9O7. The van der Waals surface area contributed by atoms with Crippen LogP contribution in [0.3, 0.4) is 0 Å². The van der Waals surface area contributed by atoms with Gasteiger partial charge in [-0.2, -0.15) is 39.5 Å². The number of aromatic nitrogens is 6. The fourth-order valence-electron chi connectivity index (χ4n) is 4.83. The molecule has 1 unspecified atom stereocenters. The van der Waals surface area contributed by atoms with E-state index in [0.29, 0.717) is 53.7 Å². The van der Waals surface area contributed by atoms with Crippen molar-refractivity contribution in [2.75, 3.05) is 36.4 Å². The predicted octanol–water partition coefficient (Wildman–Crippen LogP) is 5.98. The number of fused-ring (bicyclic) bond motifs is 2. The lowest BCUT2D eigenvalue weighted by Crippen LogP contribution is -2.49. The molecule has 5 N–H and O–H groups in total. The van der Waals surface area contributed by atoms with Crippen molar-refractivity contribution in [1.29, 1.82) is 0 Å². The molecule has 26 heteroatoms. The quantitative estimate of drug-likeness (QED) is 0.128. The smallest absolute Gasteiger partial charge is 0.475 e. The lowest BCUT2D eigenvalue weighted by atomic mass is 10.0. The highest BCUT2D eigenvalue weighted by atomic mass is 35.5. The van der Waals surface area contributed by atoms with Gasteiger partial charge in [0.2, 0.25) is 0 Å². The summed E-state index contributed by atoms with van der Waals surface area (Å²) in [5.74, 6) is -7.64. The summed E-state index contributed by atoms with van der Waals surface area (Å²) < 4.78 is 95.2. The molecule has 6 rings (SSSR count). The standard InChI is InChI=1S/C26H24ClN9O.3C2HF3O2/c1-16(34-25-22-24(31-14-30-22)32-15-33-25)19-12-20(27)18-5-3-7-29-21(18)23(19)35-8-10-36(11-9-35)26(37)17-4-2-6-28-13-17;3*3-2(4,5)1(6)7/h2-7,12-16H,8-11H2,1H3,(H2,30,31,32,33,34);3*(H,6,7). The van der Waals surface area contributed by atoms with Crippen molar-refractivity contribution in [3.05, 3.63) is 77.7 Å². The van der Waals surface area contributed by atoms with Crippen molar-refractivity contribution in [3.63, 3.8) is 0 Å². The number of amides is 1. The normalized spacial score (nSPS) is 13.5. The Hall–Kier alpha value is -6.53. The van der Waals surface area contributed by atoms with Crippen molar-refractivity contribution < 1.29 is 74.0 Å². The number of nitrogens with zero attached hydrogens (tertiary/aromatic N) is 7. The van der Waals surface area contributed by atoms with Gasteiger partial charge >= 0.3 is 36.4 Å². The number of carboxylic acids is 3. The van der Waals surface area contributed by atoms with E-state index in [2.05, 4.69) is 42.1 Å². The Bertz CT molecular complexity index is 2160. The maximum atomic E-state index is 13.0. The molecule has 312 valence electrons. The fourth-order valence-corrected chi connectivity index (χ4v) is 5.10. The minimum atomic E-state index is -5.08. The maximum absolute atomic E-state index is 13.0. The summed E-state index contributed by atoms with van der Waals surface area (Å²) in [5.41, 5.74) is 4.76. The summed E-state index contributed by atoms with van der Waals surface area (Å²) in [4.78, 5) is 68.6. The summed E-state index contributed by atoms with van der Waals surface area (Å²) in [6.45, 7) is 4.57. The average molecular weight is 856 g/mol. The average Bonchev–Trinajstić information content (AvgIpc) is 3.65. The Labute approximate surface area is 323 Å². The van der Waals surface area contributed by atoms with Gasteiger partial charge in [-0.05, 0) is 37.3 Å². The van der Waals surface area contributed by atoms with Crippen LogP contribution in [0.2, 0.25) is 5.02 Å². The Morgan fingerprint density at radius 2 is 1.34 bits per heavy atom. The summed E-state index contributed by atoms with van der Waals surface area (Å²) in [7, 11) is 0. The third-order valence-corrected chi connectivity index (χ3v) is 7.71. The number of carbonyl (C=O) groups is 4. The number of imidazole rings is 1. The van der Waals surface area contributed by atoms with E-state index in [-0.39, 0.29) is 11.9 Å². The minimum absolute atomic E-state index is 0.00567. The van der Waals surface area contributed by atoms with Crippen LogP contribution in [0.4, 0.5) is 51.0 Å². The minimum Gasteiger partial charge on any atom is -0.475 e. The molecule has 1 saturated heterocycles. The van der Waals surface area contributed by atoms with E-state index in [1.165, 1.54) is 6.33 Å². The van der Waals surface area contributed by atoms with E-state index in [0.717, 1.165) is 22.2 Å².